The van der Waals surface area contributed by atoms with E-state index in [1.807, 2.05) is 16.9 Å². The Hall–Kier alpha value is -2.14. The lowest BCUT2D eigenvalue weighted by molar-refractivity contribution is -0.124. The summed E-state index contributed by atoms with van der Waals surface area (Å²) in [6, 6.07) is 11.1. The molecule has 1 N–H and O–H groups in total. The van der Waals surface area contributed by atoms with E-state index in [2.05, 4.69) is 46.5 Å². The van der Waals surface area contributed by atoms with Crippen LogP contribution in [-0.4, -0.2) is 40.2 Å². The highest BCUT2D eigenvalue weighted by atomic mass is 16.2. The summed E-state index contributed by atoms with van der Waals surface area (Å²) >= 11 is 0. The molecule has 0 radical (unpaired) electrons. The minimum atomic E-state index is 0.131. The van der Waals surface area contributed by atoms with E-state index in [0.29, 0.717) is 18.5 Å². The summed E-state index contributed by atoms with van der Waals surface area (Å²) in [7, 11) is 0. The number of amides is 1. The van der Waals surface area contributed by atoms with Crippen LogP contribution in [0.5, 0.6) is 0 Å². The lowest BCUT2D eigenvalue weighted by atomic mass is 10.0. The Kier molecular flexibility index (Phi) is 4.10. The third-order valence-electron chi connectivity index (χ3n) is 5.05. The van der Waals surface area contributed by atoms with Crippen LogP contribution in [0.4, 0.5) is 0 Å². The van der Waals surface area contributed by atoms with Crippen LogP contribution in [0.15, 0.2) is 42.7 Å². The van der Waals surface area contributed by atoms with Gasteiger partial charge in [-0.3, -0.25) is 14.4 Å². The first-order valence-electron chi connectivity index (χ1n) is 8.76. The van der Waals surface area contributed by atoms with Gasteiger partial charge in [-0.2, -0.15) is 5.10 Å². The van der Waals surface area contributed by atoms with Crippen molar-refractivity contribution in [2.45, 2.75) is 31.8 Å². The maximum Gasteiger partial charge on any atom is 0.234 e. The summed E-state index contributed by atoms with van der Waals surface area (Å²) in [5.74, 6) is 0.733. The number of nitrogens with one attached hydrogen (secondary N) is 1. The molecule has 0 unspecified atom stereocenters. The number of likely N-dealkylation sites (tertiary alicyclic amines) is 1. The maximum atomic E-state index is 12.4. The molecular formula is C19H24N4O. The van der Waals surface area contributed by atoms with Crippen molar-refractivity contribution in [3.63, 3.8) is 0 Å². The summed E-state index contributed by atoms with van der Waals surface area (Å²) in [6.07, 6.45) is 6.22. The number of aryl methyl sites for hydroxylation is 1. The molecule has 1 aromatic carbocycles. The van der Waals surface area contributed by atoms with Crippen LogP contribution in [0.1, 0.15) is 36.1 Å². The van der Waals surface area contributed by atoms with Crippen LogP contribution >= 0.6 is 0 Å². The van der Waals surface area contributed by atoms with Gasteiger partial charge < -0.3 is 5.32 Å². The van der Waals surface area contributed by atoms with E-state index in [9.17, 15) is 4.79 Å². The molecule has 0 bridgehead atoms. The van der Waals surface area contributed by atoms with Crippen LogP contribution in [0.3, 0.4) is 0 Å². The molecule has 5 nitrogen and oxygen atoms in total. The molecular weight excluding hydrogens is 300 g/mol. The highest BCUT2D eigenvalue weighted by molar-refractivity contribution is 5.78. The molecule has 1 aliphatic heterocycles. The van der Waals surface area contributed by atoms with Gasteiger partial charge in [-0.25, -0.2) is 0 Å². The third-order valence-corrected chi connectivity index (χ3v) is 5.05. The lowest BCUT2D eigenvalue weighted by Gasteiger charge is -2.38. The number of aromatic nitrogens is 2. The molecule has 2 fully saturated rings. The van der Waals surface area contributed by atoms with Crippen LogP contribution < -0.4 is 5.32 Å². The second-order valence-electron chi connectivity index (χ2n) is 7.13. The second kappa shape index (κ2) is 6.40. The normalized spacial score (nSPS) is 19.7. The minimum Gasteiger partial charge on any atom is -0.348 e. The summed E-state index contributed by atoms with van der Waals surface area (Å²) in [4.78, 5) is 14.6. The standard InChI is InChI=1S/C19H24N4O/c1-14-3-5-15(6-4-14)19(16-7-8-16)21-18(24)13-22-11-17(12-22)23-10-2-9-20-23/h2-6,9-10,16-17,19H,7-8,11-13H2,1H3,(H,21,24)/t19-/m1/s1. The Morgan fingerprint density at radius 2 is 2.04 bits per heavy atom. The number of carbonyl (C=O) groups excluding carboxylic acids is 1. The summed E-state index contributed by atoms with van der Waals surface area (Å²) in [5, 5.41) is 7.53. The van der Waals surface area contributed by atoms with E-state index in [-0.39, 0.29) is 11.9 Å². The van der Waals surface area contributed by atoms with Gasteiger partial charge in [0.05, 0.1) is 18.6 Å². The number of benzene rings is 1. The Morgan fingerprint density at radius 3 is 2.67 bits per heavy atom. The zero-order valence-electron chi connectivity index (χ0n) is 14.1. The SMILES string of the molecule is Cc1ccc([C@@H](NC(=O)CN2CC(n3cccn3)C2)C2CC2)cc1. The van der Waals surface area contributed by atoms with Crippen molar-refractivity contribution in [3.05, 3.63) is 53.9 Å². The molecule has 2 heterocycles. The molecule has 0 spiro atoms. The van der Waals surface area contributed by atoms with Gasteiger partial charge in [0.25, 0.3) is 0 Å². The fourth-order valence-electron chi connectivity index (χ4n) is 3.43. The third kappa shape index (κ3) is 3.36. The van der Waals surface area contributed by atoms with Crippen LogP contribution in [0.2, 0.25) is 0 Å². The molecule has 1 aromatic heterocycles. The molecule has 2 aliphatic rings. The number of hydrogen-bond acceptors (Lipinski definition) is 3. The predicted octanol–water partition coefficient (Wildman–Crippen LogP) is 2.32. The van der Waals surface area contributed by atoms with Gasteiger partial charge in [-0.05, 0) is 37.3 Å². The average Bonchev–Trinajstić information content (AvgIpc) is 3.24. The highest BCUT2D eigenvalue weighted by Crippen LogP contribution is 2.41. The molecule has 126 valence electrons. The Balaban J connectivity index is 1.31. The summed E-state index contributed by atoms with van der Waals surface area (Å²) < 4.78 is 1.98. The van der Waals surface area contributed by atoms with Gasteiger partial charge in [0.2, 0.25) is 5.91 Å². The summed E-state index contributed by atoms with van der Waals surface area (Å²) in [5.41, 5.74) is 2.49. The van der Waals surface area contributed by atoms with E-state index in [1.165, 1.54) is 24.0 Å². The molecule has 24 heavy (non-hydrogen) atoms. The van der Waals surface area contributed by atoms with Crippen molar-refractivity contribution < 1.29 is 4.79 Å². The number of rotatable bonds is 6. The first-order chi connectivity index (χ1) is 11.7. The van der Waals surface area contributed by atoms with Crippen molar-refractivity contribution in [1.29, 1.82) is 0 Å². The zero-order valence-corrected chi connectivity index (χ0v) is 14.1. The van der Waals surface area contributed by atoms with Crippen molar-refractivity contribution >= 4 is 5.91 Å². The molecule has 1 saturated heterocycles. The van der Waals surface area contributed by atoms with Gasteiger partial charge in [0, 0.05) is 25.5 Å². The van der Waals surface area contributed by atoms with Gasteiger partial charge >= 0.3 is 0 Å². The highest BCUT2D eigenvalue weighted by Gasteiger charge is 2.35. The van der Waals surface area contributed by atoms with Crippen molar-refractivity contribution in [3.8, 4) is 0 Å². The molecule has 1 amide bonds. The predicted molar refractivity (Wildman–Crippen MR) is 92.5 cm³/mol. The topological polar surface area (TPSA) is 50.2 Å². The molecule has 1 atom stereocenters. The number of carbonyl (C=O) groups is 1. The van der Waals surface area contributed by atoms with Crippen molar-refractivity contribution in [2.24, 2.45) is 5.92 Å². The number of nitrogens with zero attached hydrogens (tertiary/aromatic N) is 3. The van der Waals surface area contributed by atoms with E-state index in [4.69, 9.17) is 0 Å². The van der Waals surface area contributed by atoms with Crippen LogP contribution in [0, 0.1) is 12.8 Å². The van der Waals surface area contributed by atoms with Gasteiger partial charge in [0.15, 0.2) is 0 Å². The van der Waals surface area contributed by atoms with Crippen LogP contribution in [0.25, 0.3) is 0 Å². The van der Waals surface area contributed by atoms with Crippen molar-refractivity contribution in [1.82, 2.24) is 20.0 Å². The second-order valence-corrected chi connectivity index (χ2v) is 7.13. The van der Waals surface area contributed by atoms with E-state index >= 15 is 0 Å². The lowest BCUT2D eigenvalue weighted by Crippen LogP contribution is -2.51. The van der Waals surface area contributed by atoms with Crippen molar-refractivity contribution in [2.75, 3.05) is 19.6 Å². The molecule has 2 aromatic rings. The Morgan fingerprint density at radius 1 is 1.29 bits per heavy atom. The quantitative estimate of drug-likeness (QED) is 0.887. The monoisotopic (exact) mass is 324 g/mol. The van der Waals surface area contributed by atoms with Crippen LogP contribution in [-0.2, 0) is 4.79 Å². The van der Waals surface area contributed by atoms with Gasteiger partial charge in [-0.15, -0.1) is 0 Å². The average molecular weight is 324 g/mol. The summed E-state index contributed by atoms with van der Waals surface area (Å²) in [6.45, 7) is 4.36. The first-order valence-corrected chi connectivity index (χ1v) is 8.76. The minimum absolute atomic E-state index is 0.131. The fourth-order valence-corrected chi connectivity index (χ4v) is 3.43. The zero-order chi connectivity index (χ0) is 16.5. The molecule has 1 aliphatic carbocycles. The fraction of sp³-hybridized carbons (Fsp3) is 0.474. The molecule has 4 rings (SSSR count). The van der Waals surface area contributed by atoms with E-state index in [0.717, 1.165) is 13.1 Å². The van der Waals surface area contributed by atoms with Gasteiger partial charge in [-0.1, -0.05) is 29.8 Å². The van der Waals surface area contributed by atoms with E-state index < -0.39 is 0 Å². The molecule has 5 heteroatoms. The Bertz CT molecular complexity index is 685. The molecule has 1 saturated carbocycles. The number of hydrogen-bond donors (Lipinski definition) is 1. The smallest absolute Gasteiger partial charge is 0.234 e. The van der Waals surface area contributed by atoms with E-state index in [1.54, 1.807) is 6.20 Å². The first kappa shape index (κ1) is 15.4. The van der Waals surface area contributed by atoms with Gasteiger partial charge in [0.1, 0.15) is 0 Å². The Labute approximate surface area is 142 Å². The largest absolute Gasteiger partial charge is 0.348 e. The maximum absolute atomic E-state index is 12.4.